The molecule has 1 atom stereocenters. The maximum absolute atomic E-state index is 12.5. The summed E-state index contributed by atoms with van der Waals surface area (Å²) in [6, 6.07) is 1.64. The van der Waals surface area contributed by atoms with Crippen LogP contribution in [0.5, 0.6) is 0 Å². The van der Waals surface area contributed by atoms with E-state index in [0.717, 1.165) is 12.8 Å². The lowest BCUT2D eigenvalue weighted by molar-refractivity contribution is -0.133. The Kier molecular flexibility index (Phi) is 3.90. The van der Waals surface area contributed by atoms with Gasteiger partial charge in [0.25, 0.3) is 5.91 Å². The predicted octanol–water partition coefficient (Wildman–Crippen LogP) is 0.329. The van der Waals surface area contributed by atoms with Gasteiger partial charge in [0.05, 0.1) is 23.5 Å². The number of amides is 2. The van der Waals surface area contributed by atoms with Gasteiger partial charge < -0.3 is 10.2 Å². The van der Waals surface area contributed by atoms with Crippen molar-refractivity contribution in [3.05, 3.63) is 35.9 Å². The van der Waals surface area contributed by atoms with E-state index in [1.165, 1.54) is 6.20 Å². The fraction of sp³-hybridized carbons (Fsp3) is 0.429. The van der Waals surface area contributed by atoms with E-state index in [2.05, 4.69) is 20.6 Å². The maximum Gasteiger partial charge on any atom is 0.254 e. The lowest BCUT2D eigenvalue weighted by atomic mass is 10.1. The average molecular weight is 302 g/mol. The second-order valence-electron chi connectivity index (χ2n) is 5.23. The minimum atomic E-state index is -0.199. The first-order valence-corrected chi connectivity index (χ1v) is 7.23. The summed E-state index contributed by atoms with van der Waals surface area (Å²) in [6.07, 6.45) is 6.63. The monoisotopic (exact) mass is 302 g/mol. The summed E-state index contributed by atoms with van der Waals surface area (Å²) >= 11 is 0. The molecule has 2 aromatic heterocycles. The summed E-state index contributed by atoms with van der Waals surface area (Å²) in [5.41, 5.74) is 1.19. The molecule has 1 aliphatic rings. The van der Waals surface area contributed by atoms with E-state index in [1.807, 2.05) is 0 Å². The Balaban J connectivity index is 1.80. The first-order valence-electron chi connectivity index (χ1n) is 7.23. The van der Waals surface area contributed by atoms with Crippen molar-refractivity contribution in [3.63, 3.8) is 0 Å². The fourth-order valence-electron chi connectivity index (χ4n) is 2.85. The topological polar surface area (TPSA) is 95.9 Å². The molecule has 8 heteroatoms. The molecule has 2 N–H and O–H groups in total. The lowest BCUT2D eigenvalue weighted by Crippen LogP contribution is -2.34. The number of nitrogens with zero attached hydrogens (tertiary/aromatic N) is 4. The van der Waals surface area contributed by atoms with Crippen LogP contribution < -0.4 is 5.32 Å². The highest BCUT2D eigenvalue weighted by atomic mass is 16.2. The minimum absolute atomic E-state index is 0.0105. The molecule has 8 nitrogen and oxygen atoms in total. The van der Waals surface area contributed by atoms with Gasteiger partial charge in [-0.3, -0.25) is 19.4 Å². The third kappa shape index (κ3) is 2.59. The number of nitrogens with one attached hydrogen (secondary N) is 2. The van der Waals surface area contributed by atoms with Crippen molar-refractivity contribution in [1.29, 1.82) is 0 Å². The van der Waals surface area contributed by atoms with Crippen LogP contribution in [0.2, 0.25) is 0 Å². The van der Waals surface area contributed by atoms with Crippen LogP contribution in [0.3, 0.4) is 0 Å². The number of rotatable bonds is 4. The molecule has 0 aliphatic carbocycles. The van der Waals surface area contributed by atoms with Crippen molar-refractivity contribution < 1.29 is 9.59 Å². The maximum atomic E-state index is 12.5. The zero-order valence-corrected chi connectivity index (χ0v) is 12.3. The van der Waals surface area contributed by atoms with Crippen LogP contribution >= 0.6 is 0 Å². The van der Waals surface area contributed by atoms with Crippen LogP contribution in [0.4, 0.5) is 0 Å². The number of carbonyl (C=O) groups is 2. The molecule has 0 radical (unpaired) electrons. The molecular weight excluding hydrogens is 284 g/mol. The third-order valence-electron chi connectivity index (χ3n) is 3.90. The van der Waals surface area contributed by atoms with Crippen LogP contribution in [-0.2, 0) is 11.3 Å². The molecule has 1 unspecified atom stereocenters. The van der Waals surface area contributed by atoms with Crippen molar-refractivity contribution in [2.75, 3.05) is 13.6 Å². The predicted molar refractivity (Wildman–Crippen MR) is 77.9 cm³/mol. The van der Waals surface area contributed by atoms with Gasteiger partial charge in [-0.25, -0.2) is 0 Å². The molecule has 1 aliphatic heterocycles. The molecule has 0 bridgehead atoms. The van der Waals surface area contributed by atoms with Crippen molar-refractivity contribution in [1.82, 2.24) is 30.2 Å². The van der Waals surface area contributed by atoms with E-state index in [9.17, 15) is 9.59 Å². The highest BCUT2D eigenvalue weighted by Gasteiger charge is 2.33. The minimum Gasteiger partial charge on any atom is -0.355 e. The Morgan fingerprint density at radius 2 is 2.36 bits per heavy atom. The Morgan fingerprint density at radius 1 is 1.50 bits per heavy atom. The molecule has 1 saturated heterocycles. The quantitative estimate of drug-likeness (QED) is 0.850. The van der Waals surface area contributed by atoms with E-state index in [-0.39, 0.29) is 24.4 Å². The molecule has 116 valence electrons. The van der Waals surface area contributed by atoms with E-state index in [0.29, 0.717) is 17.8 Å². The lowest BCUT2D eigenvalue weighted by Gasteiger charge is -2.24. The highest BCUT2D eigenvalue weighted by Crippen LogP contribution is 2.32. The molecule has 0 saturated carbocycles. The molecule has 0 spiro atoms. The average Bonchev–Trinajstić information content (AvgIpc) is 3.25. The molecule has 3 heterocycles. The first kappa shape index (κ1) is 14.3. The van der Waals surface area contributed by atoms with Crippen LogP contribution in [-0.4, -0.2) is 50.3 Å². The molecular formula is C14H18N6O2. The van der Waals surface area contributed by atoms with E-state index in [1.54, 1.807) is 35.1 Å². The second kappa shape index (κ2) is 6.00. The van der Waals surface area contributed by atoms with Crippen molar-refractivity contribution in [2.45, 2.75) is 25.4 Å². The summed E-state index contributed by atoms with van der Waals surface area (Å²) in [5.74, 6) is -0.209. The second-order valence-corrected chi connectivity index (χ2v) is 5.23. The summed E-state index contributed by atoms with van der Waals surface area (Å²) in [5, 5.41) is 13.5. The van der Waals surface area contributed by atoms with Crippen LogP contribution in [0.1, 0.15) is 34.9 Å². The largest absolute Gasteiger partial charge is 0.355 e. The zero-order chi connectivity index (χ0) is 15.5. The van der Waals surface area contributed by atoms with Gasteiger partial charge in [0.15, 0.2) is 0 Å². The van der Waals surface area contributed by atoms with Crippen molar-refractivity contribution in [3.8, 4) is 0 Å². The Bertz CT molecular complexity index is 663. The van der Waals surface area contributed by atoms with E-state index < -0.39 is 0 Å². The van der Waals surface area contributed by atoms with Gasteiger partial charge in [-0.1, -0.05) is 0 Å². The summed E-state index contributed by atoms with van der Waals surface area (Å²) in [7, 11) is 1.58. The molecule has 0 aromatic carbocycles. The number of aromatic nitrogens is 4. The number of carbonyl (C=O) groups excluding carboxylic acids is 2. The smallest absolute Gasteiger partial charge is 0.254 e. The van der Waals surface area contributed by atoms with Gasteiger partial charge in [0.1, 0.15) is 6.54 Å². The molecule has 1 fully saturated rings. The van der Waals surface area contributed by atoms with Crippen LogP contribution in [0, 0.1) is 0 Å². The van der Waals surface area contributed by atoms with E-state index in [4.69, 9.17) is 0 Å². The van der Waals surface area contributed by atoms with Gasteiger partial charge >= 0.3 is 0 Å². The molecule has 2 amide bonds. The van der Waals surface area contributed by atoms with Crippen molar-refractivity contribution >= 4 is 11.8 Å². The zero-order valence-electron chi connectivity index (χ0n) is 12.3. The molecule has 2 aromatic rings. The Morgan fingerprint density at radius 3 is 3.09 bits per heavy atom. The number of hydrogen-bond acceptors (Lipinski definition) is 4. The number of likely N-dealkylation sites (tertiary alicyclic amines) is 1. The highest BCUT2D eigenvalue weighted by molar-refractivity contribution is 5.95. The summed E-state index contributed by atoms with van der Waals surface area (Å²) in [4.78, 5) is 26.2. The van der Waals surface area contributed by atoms with Gasteiger partial charge in [-0.15, -0.1) is 0 Å². The van der Waals surface area contributed by atoms with Crippen molar-refractivity contribution in [2.24, 2.45) is 0 Å². The third-order valence-corrected chi connectivity index (χ3v) is 3.90. The molecule has 3 rings (SSSR count). The number of aromatic amines is 1. The molecule has 22 heavy (non-hydrogen) atoms. The number of hydrogen-bond donors (Lipinski definition) is 2. The Labute approximate surface area is 127 Å². The van der Waals surface area contributed by atoms with Gasteiger partial charge in [0.2, 0.25) is 5.91 Å². The van der Waals surface area contributed by atoms with Gasteiger partial charge in [-0.05, 0) is 18.9 Å². The number of H-pyrrole nitrogens is 1. The fourth-order valence-corrected chi connectivity index (χ4v) is 2.85. The summed E-state index contributed by atoms with van der Waals surface area (Å²) in [6.45, 7) is 0.879. The van der Waals surface area contributed by atoms with Gasteiger partial charge in [0, 0.05) is 26.0 Å². The van der Waals surface area contributed by atoms with Crippen LogP contribution in [0.15, 0.2) is 24.7 Å². The SMILES string of the molecule is CNC(=O)c1cn[nH]c1C1CCCN1C(=O)Cn1cccn1. The normalized spacial score (nSPS) is 17.7. The van der Waals surface area contributed by atoms with E-state index >= 15 is 0 Å². The van der Waals surface area contributed by atoms with Crippen LogP contribution in [0.25, 0.3) is 0 Å². The standard InChI is InChI=1S/C14H18N6O2/c1-15-14(22)10-8-16-18-13(10)11-4-2-7-20(11)12(21)9-19-6-3-5-17-19/h3,5-6,8,11H,2,4,7,9H2,1H3,(H,15,22)(H,16,18). The first-order chi connectivity index (χ1) is 10.7. The Hall–Kier alpha value is -2.64. The van der Waals surface area contributed by atoms with Gasteiger partial charge in [-0.2, -0.15) is 10.2 Å². The summed E-state index contributed by atoms with van der Waals surface area (Å²) < 4.78 is 1.60.